The molecule has 4 rings (SSSR count). The molecular formula is C22H23N3O3S. The Bertz CT molecular complexity index is 1070. The first-order valence-electron chi connectivity index (χ1n) is 9.62. The first-order valence-corrected chi connectivity index (χ1v) is 10.5. The van der Waals surface area contributed by atoms with E-state index in [1.54, 1.807) is 37.7 Å². The average Bonchev–Trinajstić information content (AvgIpc) is 3.40. The minimum absolute atomic E-state index is 0.156. The summed E-state index contributed by atoms with van der Waals surface area (Å²) in [4.78, 5) is 32.4. The lowest BCUT2D eigenvalue weighted by Crippen LogP contribution is -2.35. The van der Waals surface area contributed by atoms with Crippen LogP contribution in [0.2, 0.25) is 0 Å². The van der Waals surface area contributed by atoms with Gasteiger partial charge in [-0.2, -0.15) is 0 Å². The fourth-order valence-corrected chi connectivity index (χ4v) is 4.10. The summed E-state index contributed by atoms with van der Waals surface area (Å²) >= 11 is 1.59. The third-order valence-electron chi connectivity index (χ3n) is 5.04. The lowest BCUT2D eigenvalue weighted by molar-refractivity contribution is -0.130. The van der Waals surface area contributed by atoms with E-state index in [1.165, 1.54) is 4.90 Å². The van der Waals surface area contributed by atoms with E-state index < -0.39 is 0 Å². The highest BCUT2D eigenvalue weighted by Gasteiger charge is 2.20. The highest BCUT2D eigenvalue weighted by molar-refractivity contribution is 7.09. The van der Waals surface area contributed by atoms with Crippen LogP contribution in [0.3, 0.4) is 0 Å². The Balaban J connectivity index is 1.47. The average molecular weight is 410 g/mol. The van der Waals surface area contributed by atoms with Gasteiger partial charge in [0.1, 0.15) is 5.58 Å². The fourth-order valence-electron chi connectivity index (χ4n) is 3.48. The van der Waals surface area contributed by atoms with Crippen LogP contribution in [0.15, 0.2) is 46.3 Å². The number of nitrogens with zero attached hydrogens (tertiary/aromatic N) is 3. The lowest BCUT2D eigenvalue weighted by Gasteiger charge is -2.27. The summed E-state index contributed by atoms with van der Waals surface area (Å²) in [7, 11) is 3.40. The van der Waals surface area contributed by atoms with Crippen molar-refractivity contribution in [3.05, 3.63) is 58.2 Å². The predicted octanol–water partition coefficient (Wildman–Crippen LogP) is 3.84. The van der Waals surface area contributed by atoms with Crippen LogP contribution in [-0.4, -0.2) is 53.8 Å². The Labute approximate surface area is 173 Å². The van der Waals surface area contributed by atoms with Crippen LogP contribution in [-0.2, 0) is 11.2 Å². The van der Waals surface area contributed by atoms with Gasteiger partial charge in [0.2, 0.25) is 5.91 Å². The Morgan fingerprint density at radius 3 is 2.90 bits per heavy atom. The van der Waals surface area contributed by atoms with E-state index in [-0.39, 0.29) is 11.8 Å². The third kappa shape index (κ3) is 4.24. The zero-order valence-electron chi connectivity index (χ0n) is 16.6. The van der Waals surface area contributed by atoms with E-state index in [1.807, 2.05) is 28.5 Å². The van der Waals surface area contributed by atoms with Crippen molar-refractivity contribution in [2.75, 3.05) is 27.2 Å². The van der Waals surface area contributed by atoms with Gasteiger partial charge in [0, 0.05) is 57.0 Å². The van der Waals surface area contributed by atoms with Gasteiger partial charge in [-0.1, -0.05) is 12.1 Å². The molecule has 0 atom stereocenters. The van der Waals surface area contributed by atoms with E-state index in [9.17, 15) is 9.59 Å². The van der Waals surface area contributed by atoms with Crippen LogP contribution in [0.4, 0.5) is 0 Å². The van der Waals surface area contributed by atoms with Gasteiger partial charge in [-0.3, -0.25) is 9.59 Å². The van der Waals surface area contributed by atoms with Gasteiger partial charge >= 0.3 is 0 Å². The first kappa shape index (κ1) is 19.4. The minimum Gasteiger partial charge on any atom is -0.451 e. The van der Waals surface area contributed by atoms with E-state index in [0.717, 1.165) is 34.5 Å². The van der Waals surface area contributed by atoms with Crippen molar-refractivity contribution in [1.29, 1.82) is 0 Å². The van der Waals surface area contributed by atoms with Crippen molar-refractivity contribution >= 4 is 39.7 Å². The molecule has 0 saturated heterocycles. The number of carbonyl (C=O) groups is 2. The van der Waals surface area contributed by atoms with E-state index in [2.05, 4.69) is 11.1 Å². The number of rotatable bonds is 5. The number of fused-ring (bicyclic) bond motifs is 1. The maximum absolute atomic E-state index is 12.6. The number of furan rings is 1. The third-order valence-corrected chi connectivity index (χ3v) is 5.88. The summed E-state index contributed by atoms with van der Waals surface area (Å²) in [6.07, 6.45) is 5.98. The molecule has 3 heterocycles. The molecule has 150 valence electrons. The molecule has 0 radical (unpaired) electrons. The van der Waals surface area contributed by atoms with Crippen LogP contribution in [0.1, 0.15) is 34.0 Å². The molecule has 2 aromatic heterocycles. The molecule has 1 aromatic carbocycles. The molecule has 0 unspecified atom stereocenters. The molecule has 2 amide bonds. The quantitative estimate of drug-likeness (QED) is 0.642. The number of aryl methyl sites for hydroxylation is 1. The Morgan fingerprint density at radius 1 is 1.28 bits per heavy atom. The Morgan fingerprint density at radius 2 is 2.14 bits per heavy atom. The minimum atomic E-state index is -0.156. The molecule has 0 aliphatic carbocycles. The Kier molecular flexibility index (Phi) is 5.49. The molecular weight excluding hydrogens is 386 g/mol. The van der Waals surface area contributed by atoms with E-state index >= 15 is 0 Å². The van der Waals surface area contributed by atoms with E-state index in [4.69, 9.17) is 4.42 Å². The van der Waals surface area contributed by atoms with Crippen molar-refractivity contribution in [1.82, 2.24) is 14.8 Å². The smallest absolute Gasteiger partial charge is 0.289 e. The second-order valence-electron chi connectivity index (χ2n) is 7.32. The Hall–Kier alpha value is -2.93. The second kappa shape index (κ2) is 8.21. The van der Waals surface area contributed by atoms with Gasteiger partial charge in [-0.05, 0) is 35.8 Å². The fraction of sp³-hybridized carbons (Fsp3) is 0.318. The number of hydrogen-bond acceptors (Lipinski definition) is 5. The van der Waals surface area contributed by atoms with Crippen LogP contribution >= 0.6 is 11.3 Å². The van der Waals surface area contributed by atoms with Crippen molar-refractivity contribution in [2.45, 2.75) is 19.3 Å². The number of aromatic nitrogens is 1. The van der Waals surface area contributed by atoms with Gasteiger partial charge in [-0.15, -0.1) is 11.3 Å². The molecule has 1 aliphatic heterocycles. The molecule has 29 heavy (non-hydrogen) atoms. The number of benzene rings is 1. The lowest BCUT2D eigenvalue weighted by atomic mass is 9.99. The maximum Gasteiger partial charge on any atom is 0.289 e. The SMILES string of the molecule is CN(C)C(=O)c1cc2cc(C3=CCCN(C(=O)CCc4nccs4)C3)ccc2o1. The molecule has 6 nitrogen and oxygen atoms in total. The first-order chi connectivity index (χ1) is 14.0. The number of amides is 2. The van der Waals surface area contributed by atoms with Crippen molar-refractivity contribution in [3.63, 3.8) is 0 Å². The maximum atomic E-state index is 12.6. The topological polar surface area (TPSA) is 66.7 Å². The molecule has 0 N–H and O–H groups in total. The molecule has 1 aliphatic rings. The summed E-state index contributed by atoms with van der Waals surface area (Å²) in [6, 6.07) is 7.69. The van der Waals surface area contributed by atoms with Crippen LogP contribution in [0, 0.1) is 0 Å². The standard InChI is InChI=1S/C22H23N3O3S/c1-24(2)22(27)19-13-17-12-15(5-6-18(17)28-19)16-4-3-10-25(14-16)21(26)8-7-20-23-9-11-29-20/h4-6,9,11-13H,3,7-8,10,14H2,1-2H3. The zero-order chi connectivity index (χ0) is 20.4. The van der Waals surface area contributed by atoms with Crippen molar-refractivity contribution in [2.24, 2.45) is 0 Å². The summed E-state index contributed by atoms with van der Waals surface area (Å²) in [5, 5.41) is 3.82. The van der Waals surface area contributed by atoms with Crippen molar-refractivity contribution in [3.8, 4) is 0 Å². The molecule has 3 aromatic rings. The van der Waals surface area contributed by atoms with Crippen LogP contribution in [0.25, 0.3) is 16.5 Å². The predicted molar refractivity (Wildman–Crippen MR) is 114 cm³/mol. The van der Waals surface area contributed by atoms with Gasteiger partial charge in [0.25, 0.3) is 5.91 Å². The number of thiazole rings is 1. The summed E-state index contributed by atoms with van der Waals surface area (Å²) in [6.45, 7) is 1.35. The van der Waals surface area contributed by atoms with Gasteiger partial charge in [0.05, 0.1) is 5.01 Å². The number of carbonyl (C=O) groups excluding carboxylic acids is 2. The summed E-state index contributed by atoms with van der Waals surface area (Å²) in [5.74, 6) is 0.337. The number of hydrogen-bond donors (Lipinski definition) is 0. The summed E-state index contributed by atoms with van der Waals surface area (Å²) in [5.41, 5.74) is 2.87. The van der Waals surface area contributed by atoms with Gasteiger partial charge in [0.15, 0.2) is 5.76 Å². The molecule has 0 bridgehead atoms. The molecule has 0 spiro atoms. The molecule has 7 heteroatoms. The van der Waals surface area contributed by atoms with E-state index in [0.29, 0.717) is 30.7 Å². The normalized spacial score (nSPS) is 14.1. The second-order valence-corrected chi connectivity index (χ2v) is 8.30. The highest BCUT2D eigenvalue weighted by Crippen LogP contribution is 2.27. The summed E-state index contributed by atoms with van der Waals surface area (Å²) < 4.78 is 5.68. The van der Waals surface area contributed by atoms with Gasteiger partial charge < -0.3 is 14.2 Å². The monoisotopic (exact) mass is 409 g/mol. The largest absolute Gasteiger partial charge is 0.451 e. The van der Waals surface area contributed by atoms with Crippen LogP contribution in [0.5, 0.6) is 0 Å². The zero-order valence-corrected chi connectivity index (χ0v) is 17.4. The van der Waals surface area contributed by atoms with Crippen LogP contribution < -0.4 is 0 Å². The molecule has 0 fully saturated rings. The highest BCUT2D eigenvalue weighted by atomic mass is 32.1. The molecule has 0 saturated carbocycles. The van der Waals surface area contributed by atoms with Crippen molar-refractivity contribution < 1.29 is 14.0 Å². The van der Waals surface area contributed by atoms with Gasteiger partial charge in [-0.25, -0.2) is 4.98 Å².